The molecule has 0 aromatic heterocycles. The third kappa shape index (κ3) is 5.48. The highest BCUT2D eigenvalue weighted by atomic mass is 79.9. The molecule has 0 spiro atoms. The maximum absolute atomic E-state index is 12.9. The fourth-order valence-corrected chi connectivity index (χ4v) is 4.82. The summed E-state index contributed by atoms with van der Waals surface area (Å²) in [5.41, 5.74) is 0.178. The van der Waals surface area contributed by atoms with Crippen LogP contribution in [0.15, 0.2) is 76.2 Å². The second-order valence-corrected chi connectivity index (χ2v) is 9.73. The Bertz CT molecular complexity index is 1250. The zero-order valence-electron chi connectivity index (χ0n) is 18.5. The Balaban J connectivity index is 1.76. The number of benzene rings is 3. The molecule has 1 aliphatic rings. The zero-order chi connectivity index (χ0) is 25.0. The van der Waals surface area contributed by atoms with Gasteiger partial charge in [0.15, 0.2) is 6.10 Å². The first-order valence-electron chi connectivity index (χ1n) is 10.9. The molecule has 4 rings (SSSR count). The Morgan fingerprint density at radius 2 is 1.86 bits per heavy atom. The van der Waals surface area contributed by atoms with Crippen molar-refractivity contribution in [2.75, 3.05) is 13.2 Å². The normalized spacial score (nSPS) is 19.2. The summed E-state index contributed by atoms with van der Waals surface area (Å²) in [7, 11) is 0. The number of aliphatic hydroxyl groups is 1. The first kappa shape index (κ1) is 25.5. The van der Waals surface area contributed by atoms with Gasteiger partial charge in [0, 0.05) is 45.1 Å². The molecule has 9 heteroatoms. The summed E-state index contributed by atoms with van der Waals surface area (Å²) in [5.74, 6) is -0.323. The molecular formula is C26H22BrCl2NO5. The number of aliphatic carboxylic acids is 1. The lowest BCUT2D eigenvalue weighted by atomic mass is 9.83. The number of hydrogen-bond donors (Lipinski definition) is 2. The summed E-state index contributed by atoms with van der Waals surface area (Å²) in [6.45, 7) is 0.435. The molecule has 2 N–H and O–H groups in total. The van der Waals surface area contributed by atoms with E-state index in [0.717, 1.165) is 10.0 Å². The highest BCUT2D eigenvalue weighted by molar-refractivity contribution is 9.10. The second-order valence-electron chi connectivity index (χ2n) is 8.03. The molecule has 2 atom stereocenters. The van der Waals surface area contributed by atoms with Crippen LogP contribution < -0.4 is 4.74 Å². The minimum absolute atomic E-state index is 0.0478. The lowest BCUT2D eigenvalue weighted by molar-refractivity contribution is -0.146. The van der Waals surface area contributed by atoms with Crippen molar-refractivity contribution in [3.05, 3.63) is 97.9 Å². The molecule has 1 heterocycles. The molecule has 3 aromatic carbocycles. The number of nitrogens with zero attached hydrogens (tertiary/aromatic N) is 1. The van der Waals surface area contributed by atoms with Gasteiger partial charge in [-0.25, -0.2) is 9.79 Å². The van der Waals surface area contributed by atoms with Crippen LogP contribution in [0.2, 0.25) is 10.0 Å². The summed E-state index contributed by atoms with van der Waals surface area (Å²) in [5, 5.41) is 20.2. The van der Waals surface area contributed by atoms with Gasteiger partial charge in [0.1, 0.15) is 5.75 Å². The fraction of sp³-hybridized carbons (Fsp3) is 0.231. The Morgan fingerprint density at radius 3 is 2.51 bits per heavy atom. The molecule has 0 fully saturated rings. The summed E-state index contributed by atoms with van der Waals surface area (Å²) >= 11 is 16.1. The fourth-order valence-electron chi connectivity index (χ4n) is 3.89. The summed E-state index contributed by atoms with van der Waals surface area (Å²) in [6, 6.07) is 19.3. The number of carboxylic acid groups (broad SMARTS) is 1. The summed E-state index contributed by atoms with van der Waals surface area (Å²) < 4.78 is 12.6. The van der Waals surface area contributed by atoms with Crippen LogP contribution in [0.1, 0.15) is 29.2 Å². The Morgan fingerprint density at radius 1 is 1.11 bits per heavy atom. The molecule has 3 aromatic rings. The van der Waals surface area contributed by atoms with Gasteiger partial charge in [0.2, 0.25) is 11.4 Å². The highest BCUT2D eigenvalue weighted by Gasteiger charge is 2.54. The minimum atomic E-state index is -1.67. The van der Waals surface area contributed by atoms with Gasteiger partial charge in [0.05, 0.1) is 6.61 Å². The molecular weight excluding hydrogens is 557 g/mol. The molecule has 0 radical (unpaired) electrons. The van der Waals surface area contributed by atoms with Crippen LogP contribution in [-0.4, -0.2) is 40.8 Å². The van der Waals surface area contributed by atoms with Crippen LogP contribution in [0.4, 0.5) is 0 Å². The van der Waals surface area contributed by atoms with Gasteiger partial charge in [-0.05, 0) is 48.0 Å². The molecule has 0 saturated carbocycles. The predicted octanol–water partition coefficient (Wildman–Crippen LogP) is 6.10. The number of carbonyl (C=O) groups is 1. The van der Waals surface area contributed by atoms with Gasteiger partial charge in [0.25, 0.3) is 0 Å². The first-order chi connectivity index (χ1) is 16.8. The molecule has 1 aliphatic heterocycles. The van der Waals surface area contributed by atoms with Gasteiger partial charge in [-0.15, -0.1) is 0 Å². The number of halogens is 3. The van der Waals surface area contributed by atoms with Crippen molar-refractivity contribution >= 4 is 51.0 Å². The summed E-state index contributed by atoms with van der Waals surface area (Å²) in [6.07, 6.45) is -0.399. The van der Waals surface area contributed by atoms with Crippen molar-refractivity contribution in [3.8, 4) is 5.75 Å². The third-order valence-electron chi connectivity index (χ3n) is 5.67. The van der Waals surface area contributed by atoms with E-state index in [1.54, 1.807) is 42.5 Å². The van der Waals surface area contributed by atoms with Gasteiger partial charge in [-0.1, -0.05) is 63.4 Å². The average molecular weight is 579 g/mol. The summed E-state index contributed by atoms with van der Waals surface area (Å²) in [4.78, 5) is 17.5. The van der Waals surface area contributed by atoms with Crippen molar-refractivity contribution in [1.82, 2.24) is 0 Å². The van der Waals surface area contributed by atoms with E-state index in [9.17, 15) is 9.90 Å². The number of aliphatic imine (C=N–C) groups is 1. The molecule has 182 valence electrons. The monoisotopic (exact) mass is 577 g/mol. The highest BCUT2D eigenvalue weighted by Crippen LogP contribution is 2.45. The van der Waals surface area contributed by atoms with Crippen molar-refractivity contribution in [1.29, 1.82) is 0 Å². The number of aliphatic hydroxyl groups excluding tert-OH is 1. The van der Waals surface area contributed by atoms with E-state index in [4.69, 9.17) is 37.8 Å². The quantitative estimate of drug-likeness (QED) is 0.299. The topological polar surface area (TPSA) is 88.4 Å². The van der Waals surface area contributed by atoms with Crippen LogP contribution in [0.5, 0.6) is 5.75 Å². The Kier molecular flexibility index (Phi) is 8.02. The second kappa shape index (κ2) is 11.0. The van der Waals surface area contributed by atoms with E-state index >= 15 is 0 Å². The Labute approximate surface area is 221 Å². The van der Waals surface area contributed by atoms with Crippen LogP contribution in [0.3, 0.4) is 0 Å². The van der Waals surface area contributed by atoms with Crippen LogP contribution in [0.25, 0.3) is 0 Å². The molecule has 0 aliphatic carbocycles. The van der Waals surface area contributed by atoms with Gasteiger partial charge in [-0.3, -0.25) is 0 Å². The van der Waals surface area contributed by atoms with Crippen LogP contribution in [-0.2, 0) is 16.0 Å². The lowest BCUT2D eigenvalue weighted by Crippen LogP contribution is -2.43. The molecule has 35 heavy (non-hydrogen) atoms. The minimum Gasteiger partial charge on any atom is -0.494 e. The standard InChI is InChI=1S/C26H22BrCl2NO5/c27-21-5-2-1-4-17(21)15-26(25(32)33)23(20-11-8-18(28)14-22(20)29)35-24(30-26)16-6-9-19(10-7-16)34-13-3-12-31/h1-2,4-11,14,23,31H,3,12-13,15H2,(H,32,33)/t23-,26-/m1/s1. The molecule has 0 bridgehead atoms. The average Bonchev–Trinajstić information content (AvgIpc) is 3.22. The van der Waals surface area contributed by atoms with Crippen molar-refractivity contribution < 1.29 is 24.5 Å². The number of rotatable bonds is 9. The number of ether oxygens (including phenoxy) is 2. The third-order valence-corrected chi connectivity index (χ3v) is 7.01. The van der Waals surface area contributed by atoms with E-state index in [1.807, 2.05) is 24.3 Å². The van der Waals surface area contributed by atoms with Crippen LogP contribution >= 0.6 is 39.1 Å². The van der Waals surface area contributed by atoms with E-state index < -0.39 is 17.6 Å². The maximum atomic E-state index is 12.9. The lowest BCUT2D eigenvalue weighted by Gasteiger charge is -2.28. The van der Waals surface area contributed by atoms with Gasteiger partial charge < -0.3 is 19.7 Å². The number of hydrogen-bond acceptors (Lipinski definition) is 5. The largest absolute Gasteiger partial charge is 0.494 e. The zero-order valence-corrected chi connectivity index (χ0v) is 21.6. The van der Waals surface area contributed by atoms with E-state index in [0.29, 0.717) is 39.9 Å². The van der Waals surface area contributed by atoms with Crippen molar-refractivity contribution in [2.24, 2.45) is 4.99 Å². The molecule has 0 saturated heterocycles. The molecule has 6 nitrogen and oxygen atoms in total. The molecule has 0 amide bonds. The van der Waals surface area contributed by atoms with E-state index in [2.05, 4.69) is 20.9 Å². The smallest absolute Gasteiger partial charge is 0.336 e. The molecule has 0 unspecified atom stereocenters. The first-order valence-corrected chi connectivity index (χ1v) is 12.4. The van der Waals surface area contributed by atoms with Crippen molar-refractivity contribution in [3.63, 3.8) is 0 Å². The maximum Gasteiger partial charge on any atom is 0.336 e. The SMILES string of the molecule is O=C(O)[C@]1(Cc2ccccc2Br)N=C(c2ccc(OCCCO)cc2)O[C@@H]1c1ccc(Cl)cc1Cl. The number of carboxylic acids is 1. The predicted molar refractivity (Wildman–Crippen MR) is 139 cm³/mol. The Hall–Kier alpha value is -2.58. The van der Waals surface area contributed by atoms with Crippen molar-refractivity contribution in [2.45, 2.75) is 24.5 Å². The van der Waals surface area contributed by atoms with Crippen LogP contribution in [0, 0.1) is 0 Å². The van der Waals surface area contributed by atoms with E-state index in [1.165, 1.54) is 0 Å². The van der Waals surface area contributed by atoms with E-state index in [-0.39, 0.29) is 18.9 Å². The van der Waals surface area contributed by atoms with Gasteiger partial charge >= 0.3 is 5.97 Å². The van der Waals surface area contributed by atoms with Gasteiger partial charge in [-0.2, -0.15) is 0 Å².